The van der Waals surface area contributed by atoms with E-state index in [4.69, 9.17) is 0 Å². The predicted octanol–water partition coefficient (Wildman–Crippen LogP) is 2.22. The zero-order valence-corrected chi connectivity index (χ0v) is 15.4. The Labute approximate surface area is 154 Å². The van der Waals surface area contributed by atoms with Gasteiger partial charge in [-0.3, -0.25) is 9.69 Å². The number of likely N-dealkylation sites (tertiary alicyclic amines) is 1. The summed E-state index contributed by atoms with van der Waals surface area (Å²) < 4.78 is 58.3. The van der Waals surface area contributed by atoms with Gasteiger partial charge in [-0.25, -0.2) is 13.9 Å². The largest absolute Gasteiger partial charge is 0.467 e. The first-order valence-corrected chi connectivity index (χ1v) is 8.67. The van der Waals surface area contributed by atoms with Gasteiger partial charge in [-0.15, -0.1) is 0 Å². The van der Waals surface area contributed by atoms with E-state index in [0.29, 0.717) is 6.07 Å². The number of hydrogen-bond donors (Lipinski definition) is 0. The third-order valence-electron chi connectivity index (χ3n) is 4.38. The molecule has 0 spiro atoms. The molecular weight excluding hydrogens is 370 g/mol. The fraction of sp³-hybridized carbons (Fsp3) is 0.706. The maximum Gasteiger partial charge on any atom is 0.418 e. The van der Waals surface area contributed by atoms with E-state index < -0.39 is 35.5 Å². The van der Waals surface area contributed by atoms with Crippen molar-refractivity contribution in [1.29, 1.82) is 0 Å². The third-order valence-corrected chi connectivity index (χ3v) is 4.38. The van der Waals surface area contributed by atoms with Gasteiger partial charge in [0.05, 0.1) is 18.4 Å². The van der Waals surface area contributed by atoms with Crippen LogP contribution in [-0.4, -0.2) is 53.6 Å². The van der Waals surface area contributed by atoms with Gasteiger partial charge < -0.3 is 4.74 Å². The van der Waals surface area contributed by atoms with Crippen LogP contribution in [0.4, 0.5) is 17.6 Å². The number of carbonyl (C=O) groups excluding carboxylic acids is 1. The molecule has 1 aliphatic rings. The van der Waals surface area contributed by atoms with Crippen molar-refractivity contribution in [3.63, 3.8) is 0 Å². The standard InChI is InChI=1S/C17H23F4N3O3/c1-10(2)6-14(16(26)27-3)24-15(25)7-12(17(19,20)21)13(22-24)4-5-23-8-11(18)9-23/h7,10-11,14H,4-6,8-9H2,1-3H3/t14-/m0/s1. The van der Waals surface area contributed by atoms with Gasteiger partial charge in [-0.2, -0.15) is 18.3 Å². The van der Waals surface area contributed by atoms with Crippen molar-refractivity contribution in [1.82, 2.24) is 14.7 Å². The second-order valence-corrected chi connectivity index (χ2v) is 7.06. The smallest absolute Gasteiger partial charge is 0.418 e. The minimum absolute atomic E-state index is 0.0175. The van der Waals surface area contributed by atoms with Gasteiger partial charge in [-0.05, 0) is 12.3 Å². The second kappa shape index (κ2) is 8.37. The molecule has 2 heterocycles. The first-order chi connectivity index (χ1) is 12.5. The Kier molecular flexibility index (Phi) is 6.61. The van der Waals surface area contributed by atoms with Gasteiger partial charge in [0.1, 0.15) is 6.17 Å². The van der Waals surface area contributed by atoms with E-state index in [1.165, 1.54) is 0 Å². The lowest BCUT2D eigenvalue weighted by Crippen LogP contribution is -2.49. The molecule has 27 heavy (non-hydrogen) atoms. The number of rotatable bonds is 7. The lowest BCUT2D eigenvalue weighted by atomic mass is 10.0. The molecule has 6 nitrogen and oxygen atoms in total. The summed E-state index contributed by atoms with van der Waals surface area (Å²) in [5.41, 5.74) is -2.49. The minimum atomic E-state index is -4.75. The minimum Gasteiger partial charge on any atom is -0.467 e. The average molecular weight is 393 g/mol. The normalized spacial score (nSPS) is 17.0. The number of ether oxygens (including phenoxy) is 1. The average Bonchev–Trinajstić information content (AvgIpc) is 2.54. The highest BCUT2D eigenvalue weighted by molar-refractivity contribution is 5.73. The Bertz CT molecular complexity index is 727. The van der Waals surface area contributed by atoms with Crippen LogP contribution in [0.2, 0.25) is 0 Å². The number of methoxy groups -OCH3 is 1. The highest BCUT2D eigenvalue weighted by Gasteiger charge is 2.37. The van der Waals surface area contributed by atoms with Crippen LogP contribution in [0.1, 0.15) is 37.6 Å². The van der Waals surface area contributed by atoms with E-state index in [9.17, 15) is 27.2 Å². The zero-order chi connectivity index (χ0) is 20.4. The second-order valence-electron chi connectivity index (χ2n) is 7.06. The molecule has 1 aliphatic heterocycles. The molecule has 0 aliphatic carbocycles. The van der Waals surface area contributed by atoms with Gasteiger partial charge in [0.2, 0.25) is 0 Å². The number of hydrogen-bond acceptors (Lipinski definition) is 5. The summed E-state index contributed by atoms with van der Waals surface area (Å²) in [6.07, 6.45) is -5.64. The molecule has 1 aromatic rings. The predicted molar refractivity (Wildman–Crippen MR) is 89.0 cm³/mol. The highest BCUT2D eigenvalue weighted by Crippen LogP contribution is 2.31. The van der Waals surface area contributed by atoms with Crippen molar-refractivity contribution in [2.75, 3.05) is 26.7 Å². The van der Waals surface area contributed by atoms with Gasteiger partial charge in [0.15, 0.2) is 6.04 Å². The molecule has 0 radical (unpaired) electrons. The van der Waals surface area contributed by atoms with Crippen LogP contribution < -0.4 is 5.56 Å². The molecule has 0 N–H and O–H groups in total. The molecule has 152 valence electrons. The molecule has 0 amide bonds. The van der Waals surface area contributed by atoms with Gasteiger partial charge in [0, 0.05) is 32.1 Å². The number of aromatic nitrogens is 2. The van der Waals surface area contributed by atoms with E-state index >= 15 is 0 Å². The first-order valence-electron chi connectivity index (χ1n) is 8.67. The number of halogens is 4. The van der Waals surface area contributed by atoms with E-state index in [1.54, 1.807) is 4.90 Å². The monoisotopic (exact) mass is 393 g/mol. The Balaban J connectivity index is 2.40. The van der Waals surface area contributed by atoms with Crippen LogP contribution in [0.15, 0.2) is 10.9 Å². The van der Waals surface area contributed by atoms with Crippen LogP contribution in [0.5, 0.6) is 0 Å². The summed E-state index contributed by atoms with van der Waals surface area (Å²) in [6.45, 7) is 4.13. The van der Waals surface area contributed by atoms with Crippen LogP contribution in [0.3, 0.4) is 0 Å². The van der Waals surface area contributed by atoms with Crippen molar-refractivity contribution >= 4 is 5.97 Å². The van der Waals surface area contributed by atoms with Gasteiger partial charge >= 0.3 is 12.1 Å². The highest BCUT2D eigenvalue weighted by atomic mass is 19.4. The fourth-order valence-electron chi connectivity index (χ4n) is 2.99. The van der Waals surface area contributed by atoms with Crippen LogP contribution in [0.25, 0.3) is 0 Å². The van der Waals surface area contributed by atoms with Crippen LogP contribution in [-0.2, 0) is 22.1 Å². The zero-order valence-electron chi connectivity index (χ0n) is 15.4. The molecule has 1 atom stereocenters. The first kappa shape index (κ1) is 21.3. The Morgan fingerprint density at radius 1 is 1.37 bits per heavy atom. The molecule has 2 rings (SSSR count). The molecule has 0 aromatic carbocycles. The van der Waals surface area contributed by atoms with Crippen LogP contribution >= 0.6 is 0 Å². The number of nitrogens with zero attached hydrogens (tertiary/aromatic N) is 3. The molecule has 1 aromatic heterocycles. The molecular formula is C17H23F4N3O3. The summed E-state index contributed by atoms with van der Waals surface area (Å²) in [4.78, 5) is 26.0. The Hall–Kier alpha value is -1.97. The lowest BCUT2D eigenvalue weighted by molar-refractivity contribution is -0.145. The summed E-state index contributed by atoms with van der Waals surface area (Å²) in [5, 5.41) is 3.87. The number of esters is 1. The maximum atomic E-state index is 13.3. The Morgan fingerprint density at radius 3 is 2.48 bits per heavy atom. The molecule has 0 unspecified atom stereocenters. The van der Waals surface area contributed by atoms with E-state index in [-0.39, 0.29) is 44.1 Å². The molecule has 1 saturated heterocycles. The van der Waals surface area contributed by atoms with E-state index in [1.807, 2.05) is 13.8 Å². The summed E-state index contributed by atoms with van der Waals surface area (Å²) >= 11 is 0. The quantitative estimate of drug-likeness (QED) is 0.525. The topological polar surface area (TPSA) is 64.4 Å². The van der Waals surface area contributed by atoms with Crippen molar-refractivity contribution < 1.29 is 27.1 Å². The van der Waals surface area contributed by atoms with Gasteiger partial charge in [0.25, 0.3) is 5.56 Å². The molecule has 1 fully saturated rings. The SMILES string of the molecule is COC(=O)[C@H](CC(C)C)n1nc(CCN2CC(F)C2)c(C(F)(F)F)cc1=O. The van der Waals surface area contributed by atoms with Gasteiger partial charge in [-0.1, -0.05) is 13.8 Å². The number of alkyl halides is 4. The number of carbonyl (C=O) groups is 1. The fourth-order valence-corrected chi connectivity index (χ4v) is 2.99. The van der Waals surface area contributed by atoms with Crippen molar-refractivity contribution in [2.45, 2.75) is 45.1 Å². The lowest BCUT2D eigenvalue weighted by Gasteiger charge is -2.34. The van der Waals surface area contributed by atoms with Crippen LogP contribution in [0, 0.1) is 5.92 Å². The molecule has 10 heteroatoms. The molecule has 0 bridgehead atoms. The van der Waals surface area contributed by atoms with E-state index in [2.05, 4.69) is 9.84 Å². The maximum absolute atomic E-state index is 13.3. The van der Waals surface area contributed by atoms with Crippen molar-refractivity contribution in [3.05, 3.63) is 27.7 Å². The Morgan fingerprint density at radius 2 is 2.00 bits per heavy atom. The summed E-state index contributed by atoms with van der Waals surface area (Å²) in [6, 6.07) is -0.644. The molecule has 0 saturated carbocycles. The third kappa shape index (κ3) is 5.27. The van der Waals surface area contributed by atoms with E-state index in [0.717, 1.165) is 11.8 Å². The van der Waals surface area contributed by atoms with Crippen molar-refractivity contribution in [3.8, 4) is 0 Å². The van der Waals surface area contributed by atoms with Crippen molar-refractivity contribution in [2.24, 2.45) is 5.92 Å². The summed E-state index contributed by atoms with van der Waals surface area (Å²) in [5.74, 6) is -0.761. The summed E-state index contributed by atoms with van der Waals surface area (Å²) in [7, 11) is 1.14.